The molecule has 2 N–H and O–H groups in total. The topological polar surface area (TPSA) is 44.4 Å². The highest BCUT2D eigenvalue weighted by molar-refractivity contribution is 5.85. The summed E-state index contributed by atoms with van der Waals surface area (Å²) >= 11 is 0. The summed E-state index contributed by atoms with van der Waals surface area (Å²) in [7, 11) is 3.92. The van der Waals surface area contributed by atoms with E-state index in [2.05, 4.69) is 34.7 Å². The van der Waals surface area contributed by atoms with Gasteiger partial charge in [0, 0.05) is 32.1 Å². The molecule has 1 aromatic rings. The van der Waals surface area contributed by atoms with Crippen molar-refractivity contribution in [1.29, 1.82) is 0 Å². The zero-order valence-electron chi connectivity index (χ0n) is 13.0. The van der Waals surface area contributed by atoms with E-state index in [1.165, 1.54) is 5.56 Å². The molecular formula is C15H27Cl2N3O. The molecule has 0 radical (unpaired) electrons. The van der Waals surface area contributed by atoms with E-state index >= 15 is 0 Å². The summed E-state index contributed by atoms with van der Waals surface area (Å²) in [5.74, 6) is 0.131. The van der Waals surface area contributed by atoms with Crippen molar-refractivity contribution < 1.29 is 4.79 Å². The van der Waals surface area contributed by atoms with Crippen LogP contribution in [0.3, 0.4) is 0 Å². The lowest BCUT2D eigenvalue weighted by Gasteiger charge is -2.18. The number of carbonyl (C=O) groups excluding carboxylic acids is 1. The number of amides is 1. The van der Waals surface area contributed by atoms with Crippen molar-refractivity contribution in [3.8, 4) is 0 Å². The monoisotopic (exact) mass is 335 g/mol. The third kappa shape index (κ3) is 9.69. The van der Waals surface area contributed by atoms with Crippen LogP contribution in [-0.4, -0.2) is 44.5 Å². The molecule has 1 rings (SSSR count). The first kappa shape index (κ1) is 22.5. The van der Waals surface area contributed by atoms with Crippen LogP contribution in [0.5, 0.6) is 0 Å². The average Bonchev–Trinajstić information content (AvgIpc) is 2.40. The first-order chi connectivity index (χ1) is 9.13. The normalized spacial score (nSPS) is 11.2. The summed E-state index contributed by atoms with van der Waals surface area (Å²) in [6.07, 6.45) is 0. The third-order valence-electron chi connectivity index (χ3n) is 3.05. The Morgan fingerprint density at radius 2 is 1.86 bits per heavy atom. The van der Waals surface area contributed by atoms with Crippen molar-refractivity contribution in [2.24, 2.45) is 5.92 Å². The van der Waals surface area contributed by atoms with Crippen molar-refractivity contribution in [3.63, 3.8) is 0 Å². The number of carbonyl (C=O) groups is 1. The predicted octanol–water partition coefficient (Wildman–Crippen LogP) is 1.93. The molecule has 1 aromatic carbocycles. The molecule has 0 aliphatic carbocycles. The van der Waals surface area contributed by atoms with Crippen molar-refractivity contribution >= 4 is 30.7 Å². The van der Waals surface area contributed by atoms with Gasteiger partial charge in [0.2, 0.25) is 5.91 Å². The molecule has 6 heteroatoms. The molecule has 1 unspecified atom stereocenters. The Kier molecular flexibility index (Phi) is 13.8. The number of rotatable bonds is 8. The number of nitrogens with one attached hydrogen (secondary N) is 2. The molecule has 0 aliphatic rings. The van der Waals surface area contributed by atoms with Crippen LogP contribution in [0.2, 0.25) is 0 Å². The van der Waals surface area contributed by atoms with Gasteiger partial charge in [0.15, 0.2) is 0 Å². The Balaban J connectivity index is 0. The maximum atomic E-state index is 11.7. The number of halogens is 2. The summed E-state index contributed by atoms with van der Waals surface area (Å²) in [5, 5.41) is 5.97. The van der Waals surface area contributed by atoms with Crippen LogP contribution in [0.4, 0.5) is 0 Å². The minimum absolute atomic E-state index is 0. The van der Waals surface area contributed by atoms with Crippen LogP contribution >= 0.6 is 24.8 Å². The van der Waals surface area contributed by atoms with Crippen molar-refractivity contribution in [2.45, 2.75) is 13.5 Å². The molecule has 0 saturated carbocycles. The molecule has 0 heterocycles. The fourth-order valence-electron chi connectivity index (χ4n) is 1.92. The number of hydrogen-bond acceptors (Lipinski definition) is 3. The Morgan fingerprint density at radius 1 is 1.24 bits per heavy atom. The number of benzene rings is 1. The van der Waals surface area contributed by atoms with Gasteiger partial charge >= 0.3 is 0 Å². The van der Waals surface area contributed by atoms with E-state index in [0.717, 1.165) is 13.1 Å². The number of nitrogens with zero attached hydrogens (tertiary/aromatic N) is 1. The molecule has 4 nitrogen and oxygen atoms in total. The summed E-state index contributed by atoms with van der Waals surface area (Å²) in [4.78, 5) is 13.9. The third-order valence-corrected chi connectivity index (χ3v) is 3.05. The summed E-state index contributed by atoms with van der Waals surface area (Å²) in [5.41, 5.74) is 1.29. The zero-order chi connectivity index (χ0) is 14.1. The second kappa shape index (κ2) is 12.9. The zero-order valence-corrected chi connectivity index (χ0v) is 14.6. The number of likely N-dealkylation sites (N-methyl/N-ethyl adjacent to an activating group) is 1. The Morgan fingerprint density at radius 3 is 2.43 bits per heavy atom. The minimum atomic E-state index is 0. The molecule has 1 atom stereocenters. The van der Waals surface area contributed by atoms with Gasteiger partial charge in [-0.3, -0.25) is 4.79 Å². The lowest BCUT2D eigenvalue weighted by molar-refractivity contribution is -0.124. The number of hydrogen-bond donors (Lipinski definition) is 2. The van der Waals surface area contributed by atoms with Gasteiger partial charge in [0.05, 0.1) is 0 Å². The largest absolute Gasteiger partial charge is 0.355 e. The van der Waals surface area contributed by atoms with E-state index in [4.69, 9.17) is 0 Å². The molecular weight excluding hydrogens is 309 g/mol. The van der Waals surface area contributed by atoms with E-state index in [-0.39, 0.29) is 36.6 Å². The molecule has 122 valence electrons. The molecule has 0 aliphatic heterocycles. The van der Waals surface area contributed by atoms with Gasteiger partial charge in [-0.2, -0.15) is 0 Å². The van der Waals surface area contributed by atoms with Crippen molar-refractivity contribution in [1.82, 2.24) is 15.5 Å². The van der Waals surface area contributed by atoms with E-state index < -0.39 is 0 Å². The van der Waals surface area contributed by atoms with Gasteiger partial charge in [-0.25, -0.2) is 0 Å². The van der Waals surface area contributed by atoms with Gasteiger partial charge in [-0.1, -0.05) is 37.3 Å². The molecule has 0 aromatic heterocycles. The maximum Gasteiger partial charge on any atom is 0.224 e. The standard InChI is InChI=1S/C15H25N3O.2ClH/c1-13(11-16-2)15(19)17-9-10-18(3)12-14-7-5-4-6-8-14;;/h4-8,13,16H,9-12H2,1-3H3,(H,17,19);2*1H. The highest BCUT2D eigenvalue weighted by atomic mass is 35.5. The van der Waals surface area contributed by atoms with Crippen LogP contribution in [0.25, 0.3) is 0 Å². The van der Waals surface area contributed by atoms with E-state index in [0.29, 0.717) is 13.1 Å². The van der Waals surface area contributed by atoms with Gasteiger partial charge < -0.3 is 15.5 Å². The lowest BCUT2D eigenvalue weighted by Crippen LogP contribution is -2.38. The van der Waals surface area contributed by atoms with Gasteiger partial charge in [0.1, 0.15) is 0 Å². The molecule has 0 bridgehead atoms. The first-order valence-corrected chi connectivity index (χ1v) is 6.78. The first-order valence-electron chi connectivity index (χ1n) is 6.78. The minimum Gasteiger partial charge on any atom is -0.355 e. The van der Waals surface area contributed by atoms with Gasteiger partial charge in [-0.15, -0.1) is 24.8 Å². The second-order valence-corrected chi connectivity index (χ2v) is 4.97. The molecule has 0 spiro atoms. The Hall–Kier alpha value is -0.810. The van der Waals surface area contributed by atoms with E-state index in [9.17, 15) is 4.79 Å². The highest BCUT2D eigenvalue weighted by Crippen LogP contribution is 2.01. The van der Waals surface area contributed by atoms with E-state index in [1.807, 2.05) is 32.2 Å². The van der Waals surface area contributed by atoms with Crippen LogP contribution in [0.15, 0.2) is 30.3 Å². The van der Waals surface area contributed by atoms with Crippen LogP contribution in [0, 0.1) is 5.92 Å². The molecule has 1 amide bonds. The predicted molar refractivity (Wildman–Crippen MR) is 93.4 cm³/mol. The van der Waals surface area contributed by atoms with Crippen LogP contribution in [0.1, 0.15) is 12.5 Å². The lowest BCUT2D eigenvalue weighted by atomic mass is 10.1. The molecule has 0 fully saturated rings. The summed E-state index contributed by atoms with van der Waals surface area (Å²) in [6.45, 7) is 5.09. The average molecular weight is 336 g/mol. The smallest absolute Gasteiger partial charge is 0.224 e. The fourth-order valence-corrected chi connectivity index (χ4v) is 1.92. The molecule has 21 heavy (non-hydrogen) atoms. The highest BCUT2D eigenvalue weighted by Gasteiger charge is 2.10. The Labute approximate surface area is 140 Å². The second-order valence-electron chi connectivity index (χ2n) is 4.97. The van der Waals surface area contributed by atoms with E-state index in [1.54, 1.807) is 0 Å². The quantitative estimate of drug-likeness (QED) is 0.763. The van der Waals surface area contributed by atoms with Crippen LogP contribution < -0.4 is 10.6 Å². The SMILES string of the molecule is CNCC(C)C(=O)NCCN(C)Cc1ccccc1.Cl.Cl. The summed E-state index contributed by atoms with van der Waals surface area (Å²) < 4.78 is 0. The summed E-state index contributed by atoms with van der Waals surface area (Å²) in [6, 6.07) is 10.3. The van der Waals surface area contributed by atoms with Crippen molar-refractivity contribution in [3.05, 3.63) is 35.9 Å². The fraction of sp³-hybridized carbons (Fsp3) is 0.533. The van der Waals surface area contributed by atoms with Crippen molar-refractivity contribution in [2.75, 3.05) is 33.7 Å². The maximum absolute atomic E-state index is 11.7. The Bertz CT molecular complexity index is 376. The van der Waals surface area contributed by atoms with Gasteiger partial charge in [-0.05, 0) is 19.7 Å². The van der Waals surface area contributed by atoms with Gasteiger partial charge in [0.25, 0.3) is 0 Å². The molecule has 0 saturated heterocycles. The van der Waals surface area contributed by atoms with Crippen LogP contribution in [-0.2, 0) is 11.3 Å².